The van der Waals surface area contributed by atoms with Crippen molar-refractivity contribution in [2.24, 2.45) is 7.05 Å². The SMILES string of the molecule is Cn1ccc(-c2ccccc2)c(-c2nccs2)c1=O. The van der Waals surface area contributed by atoms with Crippen molar-refractivity contribution in [1.82, 2.24) is 9.55 Å². The zero-order valence-corrected chi connectivity index (χ0v) is 11.2. The number of aryl methyl sites for hydroxylation is 1. The van der Waals surface area contributed by atoms with E-state index in [-0.39, 0.29) is 5.56 Å². The first-order valence-electron chi connectivity index (χ1n) is 5.92. The molecule has 0 radical (unpaired) electrons. The van der Waals surface area contributed by atoms with Crippen LogP contribution in [0.3, 0.4) is 0 Å². The van der Waals surface area contributed by atoms with E-state index in [0.717, 1.165) is 16.1 Å². The average molecular weight is 268 g/mol. The second-order valence-corrected chi connectivity index (χ2v) is 5.12. The van der Waals surface area contributed by atoms with E-state index in [4.69, 9.17) is 0 Å². The highest BCUT2D eigenvalue weighted by atomic mass is 32.1. The Labute approximate surface area is 114 Å². The largest absolute Gasteiger partial charge is 0.318 e. The summed E-state index contributed by atoms with van der Waals surface area (Å²) >= 11 is 1.48. The fourth-order valence-corrected chi connectivity index (χ4v) is 2.73. The molecule has 0 N–H and O–H groups in total. The molecule has 3 nitrogen and oxygen atoms in total. The second kappa shape index (κ2) is 4.82. The molecule has 0 aliphatic rings. The number of hydrogen-bond donors (Lipinski definition) is 0. The van der Waals surface area contributed by atoms with Crippen LogP contribution in [0.2, 0.25) is 0 Å². The Balaban J connectivity index is 2.32. The lowest BCUT2D eigenvalue weighted by molar-refractivity contribution is 0.863. The number of hydrogen-bond acceptors (Lipinski definition) is 3. The Morgan fingerprint density at radius 2 is 1.95 bits per heavy atom. The fraction of sp³-hybridized carbons (Fsp3) is 0.0667. The monoisotopic (exact) mass is 268 g/mol. The lowest BCUT2D eigenvalue weighted by Gasteiger charge is -2.08. The van der Waals surface area contributed by atoms with Crippen molar-refractivity contribution < 1.29 is 0 Å². The van der Waals surface area contributed by atoms with Gasteiger partial charge in [-0.25, -0.2) is 4.98 Å². The van der Waals surface area contributed by atoms with Gasteiger partial charge in [-0.15, -0.1) is 11.3 Å². The van der Waals surface area contributed by atoms with Crippen LogP contribution in [0.1, 0.15) is 0 Å². The molecule has 3 aromatic rings. The Morgan fingerprint density at radius 3 is 2.63 bits per heavy atom. The lowest BCUT2D eigenvalue weighted by Crippen LogP contribution is -2.18. The third kappa shape index (κ3) is 2.11. The molecular weight excluding hydrogens is 256 g/mol. The Hall–Kier alpha value is -2.20. The highest BCUT2D eigenvalue weighted by molar-refractivity contribution is 7.13. The van der Waals surface area contributed by atoms with Crippen molar-refractivity contribution in [3.63, 3.8) is 0 Å². The molecule has 0 saturated heterocycles. The van der Waals surface area contributed by atoms with Gasteiger partial charge in [0.15, 0.2) is 0 Å². The number of aromatic nitrogens is 2. The molecule has 0 bridgehead atoms. The number of benzene rings is 1. The summed E-state index contributed by atoms with van der Waals surface area (Å²) in [7, 11) is 1.76. The van der Waals surface area contributed by atoms with Crippen LogP contribution in [0.5, 0.6) is 0 Å². The first-order valence-corrected chi connectivity index (χ1v) is 6.80. The molecule has 4 heteroatoms. The van der Waals surface area contributed by atoms with Crippen LogP contribution in [0.15, 0.2) is 59.0 Å². The van der Waals surface area contributed by atoms with E-state index < -0.39 is 0 Å². The molecule has 0 atom stereocenters. The van der Waals surface area contributed by atoms with Crippen molar-refractivity contribution in [2.75, 3.05) is 0 Å². The van der Waals surface area contributed by atoms with Gasteiger partial charge in [0.05, 0.1) is 5.56 Å². The number of thiazole rings is 1. The smallest absolute Gasteiger partial charge is 0.261 e. The molecule has 0 aliphatic heterocycles. The highest BCUT2D eigenvalue weighted by Crippen LogP contribution is 2.29. The summed E-state index contributed by atoms with van der Waals surface area (Å²) in [6, 6.07) is 11.9. The first-order chi connectivity index (χ1) is 9.27. The molecule has 0 spiro atoms. The van der Waals surface area contributed by atoms with Gasteiger partial charge in [-0.05, 0) is 17.2 Å². The van der Waals surface area contributed by atoms with E-state index in [9.17, 15) is 4.79 Å². The maximum Gasteiger partial charge on any atom is 0.261 e. The van der Waals surface area contributed by atoms with Crippen LogP contribution < -0.4 is 5.56 Å². The highest BCUT2D eigenvalue weighted by Gasteiger charge is 2.14. The Kier molecular flexibility index (Phi) is 3.01. The molecule has 0 fully saturated rings. The van der Waals surface area contributed by atoms with Crippen LogP contribution in [-0.4, -0.2) is 9.55 Å². The summed E-state index contributed by atoms with van der Waals surface area (Å²) < 4.78 is 1.59. The van der Waals surface area contributed by atoms with Crippen LogP contribution in [-0.2, 0) is 7.05 Å². The van der Waals surface area contributed by atoms with Crippen molar-refractivity contribution >= 4 is 11.3 Å². The summed E-state index contributed by atoms with van der Waals surface area (Å²) in [6.45, 7) is 0. The van der Waals surface area contributed by atoms with Crippen LogP contribution in [0.25, 0.3) is 21.7 Å². The van der Waals surface area contributed by atoms with E-state index in [2.05, 4.69) is 4.98 Å². The van der Waals surface area contributed by atoms with Crippen molar-refractivity contribution in [2.45, 2.75) is 0 Å². The predicted octanol–water partition coefficient (Wildman–Crippen LogP) is 3.18. The van der Waals surface area contributed by atoms with Crippen molar-refractivity contribution in [3.8, 4) is 21.7 Å². The molecule has 0 saturated carbocycles. The summed E-state index contributed by atoms with van der Waals surface area (Å²) in [4.78, 5) is 16.7. The zero-order valence-electron chi connectivity index (χ0n) is 10.4. The Morgan fingerprint density at radius 1 is 1.16 bits per heavy atom. The van der Waals surface area contributed by atoms with Gasteiger partial charge in [0.1, 0.15) is 5.01 Å². The molecular formula is C15H12N2OS. The second-order valence-electron chi connectivity index (χ2n) is 4.22. The quantitative estimate of drug-likeness (QED) is 0.715. The standard InChI is InChI=1S/C15H12N2OS/c1-17-9-7-12(11-5-3-2-4-6-11)13(15(17)18)14-16-8-10-19-14/h2-10H,1H3. The molecule has 2 aromatic heterocycles. The van der Waals surface area contributed by atoms with E-state index in [1.54, 1.807) is 24.0 Å². The third-order valence-electron chi connectivity index (χ3n) is 3.00. The van der Waals surface area contributed by atoms with Gasteiger partial charge in [0.25, 0.3) is 5.56 Å². The number of pyridine rings is 1. The van der Waals surface area contributed by atoms with E-state index in [1.807, 2.05) is 41.8 Å². The zero-order chi connectivity index (χ0) is 13.2. The Bertz CT molecular complexity index is 746. The molecule has 1 aromatic carbocycles. The van der Waals surface area contributed by atoms with Crippen LogP contribution in [0, 0.1) is 0 Å². The molecule has 3 rings (SSSR count). The molecule has 94 valence electrons. The fourth-order valence-electron chi connectivity index (χ4n) is 2.04. The van der Waals surface area contributed by atoms with E-state index in [1.165, 1.54) is 11.3 Å². The molecule has 0 unspecified atom stereocenters. The van der Waals surface area contributed by atoms with Gasteiger partial charge in [0.2, 0.25) is 0 Å². The van der Waals surface area contributed by atoms with E-state index in [0.29, 0.717) is 5.56 Å². The molecule has 2 heterocycles. The van der Waals surface area contributed by atoms with Gasteiger partial charge in [-0.3, -0.25) is 4.79 Å². The maximum absolute atomic E-state index is 12.4. The number of nitrogens with zero attached hydrogens (tertiary/aromatic N) is 2. The van der Waals surface area contributed by atoms with Crippen molar-refractivity contribution in [1.29, 1.82) is 0 Å². The van der Waals surface area contributed by atoms with Crippen LogP contribution >= 0.6 is 11.3 Å². The van der Waals surface area contributed by atoms with E-state index >= 15 is 0 Å². The van der Waals surface area contributed by atoms with Crippen LogP contribution in [0.4, 0.5) is 0 Å². The van der Waals surface area contributed by atoms with Crippen molar-refractivity contribution in [3.05, 3.63) is 64.5 Å². The van der Waals surface area contributed by atoms with Gasteiger partial charge >= 0.3 is 0 Å². The molecule has 19 heavy (non-hydrogen) atoms. The van der Waals surface area contributed by atoms with Gasteiger partial charge in [-0.2, -0.15) is 0 Å². The summed E-state index contributed by atoms with van der Waals surface area (Å²) in [6.07, 6.45) is 3.52. The normalized spacial score (nSPS) is 10.6. The number of rotatable bonds is 2. The summed E-state index contributed by atoms with van der Waals surface area (Å²) in [5, 5.41) is 2.65. The minimum absolute atomic E-state index is 0.0173. The average Bonchev–Trinajstić information content (AvgIpc) is 2.96. The van der Waals surface area contributed by atoms with Gasteiger partial charge < -0.3 is 4.57 Å². The topological polar surface area (TPSA) is 34.9 Å². The maximum atomic E-state index is 12.4. The minimum atomic E-state index is -0.0173. The molecule has 0 aliphatic carbocycles. The third-order valence-corrected chi connectivity index (χ3v) is 3.79. The summed E-state index contributed by atoms with van der Waals surface area (Å²) in [5.41, 5.74) is 2.62. The van der Waals surface area contributed by atoms with Gasteiger partial charge in [0, 0.05) is 24.8 Å². The van der Waals surface area contributed by atoms with Gasteiger partial charge in [-0.1, -0.05) is 30.3 Å². The predicted molar refractivity (Wildman–Crippen MR) is 78.2 cm³/mol. The lowest BCUT2D eigenvalue weighted by atomic mass is 10.0. The summed E-state index contributed by atoms with van der Waals surface area (Å²) in [5.74, 6) is 0. The first kappa shape index (κ1) is 11.9. The molecule has 0 amide bonds. The minimum Gasteiger partial charge on any atom is -0.318 e.